The average molecular weight is 326 g/mol. The van der Waals surface area contributed by atoms with Crippen molar-refractivity contribution in [3.05, 3.63) is 21.4 Å². The largest absolute Gasteiger partial charge is 0.451 e. The molecular weight excluding hydrogens is 304 g/mol. The second-order valence-electron chi connectivity index (χ2n) is 5.30. The van der Waals surface area contributed by atoms with Gasteiger partial charge < -0.3 is 10.1 Å². The van der Waals surface area contributed by atoms with Crippen LogP contribution in [0.2, 0.25) is 0 Å². The Morgan fingerprint density at radius 1 is 1.32 bits per heavy atom. The van der Waals surface area contributed by atoms with Gasteiger partial charge in [0, 0.05) is 11.4 Å². The molecule has 0 radical (unpaired) electrons. The standard InChI is InChI=1S/C15H22N2O4S/c1-5-11-10(4)6-12(22-11)14(19)21-8-13(18)17-15(20)16-7-9(2)3/h6,9H,5,7-8H2,1-4H3,(H2,16,17,18,20). The molecule has 2 N–H and O–H groups in total. The predicted molar refractivity (Wildman–Crippen MR) is 85.1 cm³/mol. The first kappa shape index (κ1) is 18.2. The molecular formula is C15H22N2O4S. The zero-order valence-electron chi connectivity index (χ0n) is 13.3. The lowest BCUT2D eigenvalue weighted by atomic mass is 10.2. The Balaban J connectivity index is 2.39. The number of imide groups is 1. The van der Waals surface area contributed by atoms with Gasteiger partial charge in [-0.15, -0.1) is 11.3 Å². The minimum absolute atomic E-state index is 0.286. The van der Waals surface area contributed by atoms with Gasteiger partial charge in [-0.2, -0.15) is 0 Å². The van der Waals surface area contributed by atoms with Gasteiger partial charge in [-0.25, -0.2) is 9.59 Å². The van der Waals surface area contributed by atoms with E-state index in [1.165, 1.54) is 11.3 Å². The smallest absolute Gasteiger partial charge is 0.348 e. The van der Waals surface area contributed by atoms with Crippen LogP contribution in [0.3, 0.4) is 0 Å². The van der Waals surface area contributed by atoms with Crippen molar-refractivity contribution in [1.82, 2.24) is 10.6 Å². The van der Waals surface area contributed by atoms with Crippen LogP contribution in [0, 0.1) is 12.8 Å². The molecule has 22 heavy (non-hydrogen) atoms. The van der Waals surface area contributed by atoms with Gasteiger partial charge in [0.1, 0.15) is 4.88 Å². The number of ether oxygens (including phenoxy) is 1. The summed E-state index contributed by atoms with van der Waals surface area (Å²) in [5.41, 5.74) is 1.04. The second kappa shape index (κ2) is 8.53. The van der Waals surface area contributed by atoms with Crippen molar-refractivity contribution in [3.8, 4) is 0 Å². The van der Waals surface area contributed by atoms with E-state index >= 15 is 0 Å². The van der Waals surface area contributed by atoms with E-state index in [-0.39, 0.29) is 5.92 Å². The number of amides is 3. The summed E-state index contributed by atoms with van der Waals surface area (Å²) >= 11 is 1.36. The Kier molecular flexibility index (Phi) is 7.04. The molecule has 0 aliphatic carbocycles. The molecule has 7 heteroatoms. The molecule has 0 atom stereocenters. The molecule has 1 heterocycles. The van der Waals surface area contributed by atoms with Crippen LogP contribution >= 0.6 is 11.3 Å². The Hall–Kier alpha value is -1.89. The minimum Gasteiger partial charge on any atom is -0.451 e. The molecule has 0 saturated carbocycles. The summed E-state index contributed by atoms with van der Waals surface area (Å²) in [6.45, 7) is 7.81. The zero-order chi connectivity index (χ0) is 16.7. The van der Waals surface area contributed by atoms with E-state index in [2.05, 4.69) is 10.6 Å². The first-order valence-electron chi connectivity index (χ1n) is 7.17. The number of hydrogen-bond donors (Lipinski definition) is 2. The van der Waals surface area contributed by atoms with Crippen molar-refractivity contribution in [2.75, 3.05) is 13.2 Å². The summed E-state index contributed by atoms with van der Waals surface area (Å²) in [6.07, 6.45) is 0.848. The molecule has 1 aromatic heterocycles. The molecule has 0 spiro atoms. The molecule has 0 aliphatic rings. The Morgan fingerprint density at radius 3 is 2.55 bits per heavy atom. The number of esters is 1. The Bertz CT molecular complexity index is 552. The van der Waals surface area contributed by atoms with Crippen LogP contribution in [0.5, 0.6) is 0 Å². The molecule has 6 nitrogen and oxygen atoms in total. The molecule has 1 rings (SSSR count). The van der Waals surface area contributed by atoms with E-state index in [1.807, 2.05) is 27.7 Å². The first-order valence-corrected chi connectivity index (χ1v) is 7.99. The van der Waals surface area contributed by atoms with Gasteiger partial charge in [0.2, 0.25) is 0 Å². The van der Waals surface area contributed by atoms with Crippen LogP contribution < -0.4 is 10.6 Å². The van der Waals surface area contributed by atoms with Gasteiger partial charge >= 0.3 is 12.0 Å². The van der Waals surface area contributed by atoms with Crippen LogP contribution in [-0.2, 0) is 16.0 Å². The van der Waals surface area contributed by atoms with Crippen LogP contribution in [0.4, 0.5) is 4.79 Å². The number of aryl methyl sites for hydroxylation is 2. The van der Waals surface area contributed by atoms with Gasteiger partial charge in [0.15, 0.2) is 6.61 Å². The Morgan fingerprint density at radius 2 is 2.00 bits per heavy atom. The van der Waals surface area contributed by atoms with Crippen molar-refractivity contribution in [3.63, 3.8) is 0 Å². The summed E-state index contributed by atoms with van der Waals surface area (Å²) in [4.78, 5) is 36.3. The average Bonchev–Trinajstić information content (AvgIpc) is 2.83. The van der Waals surface area contributed by atoms with Crippen LogP contribution in [0.15, 0.2) is 6.07 Å². The van der Waals surface area contributed by atoms with E-state index in [1.54, 1.807) is 6.07 Å². The van der Waals surface area contributed by atoms with Crippen LogP contribution in [0.1, 0.15) is 40.9 Å². The van der Waals surface area contributed by atoms with Crippen LogP contribution in [-0.4, -0.2) is 31.1 Å². The van der Waals surface area contributed by atoms with Crippen molar-refractivity contribution < 1.29 is 19.1 Å². The normalized spacial score (nSPS) is 10.4. The number of carbonyl (C=O) groups excluding carboxylic acids is 3. The monoisotopic (exact) mass is 326 g/mol. The highest BCUT2D eigenvalue weighted by Crippen LogP contribution is 2.22. The molecule has 3 amide bonds. The molecule has 0 fully saturated rings. The van der Waals surface area contributed by atoms with Gasteiger partial charge in [0.05, 0.1) is 0 Å². The summed E-state index contributed by atoms with van der Waals surface area (Å²) in [5.74, 6) is -0.919. The summed E-state index contributed by atoms with van der Waals surface area (Å²) in [7, 11) is 0. The minimum atomic E-state index is -0.654. The summed E-state index contributed by atoms with van der Waals surface area (Å²) < 4.78 is 4.91. The number of rotatable bonds is 6. The highest BCUT2D eigenvalue weighted by molar-refractivity contribution is 7.14. The summed E-state index contributed by atoms with van der Waals surface area (Å²) in [5, 5.41) is 4.65. The molecule has 0 aromatic carbocycles. The van der Waals surface area contributed by atoms with Crippen molar-refractivity contribution in [2.45, 2.75) is 34.1 Å². The third-order valence-corrected chi connectivity index (χ3v) is 4.16. The van der Waals surface area contributed by atoms with E-state index in [0.717, 1.165) is 16.9 Å². The van der Waals surface area contributed by atoms with Gasteiger partial charge in [-0.3, -0.25) is 10.1 Å². The first-order chi connectivity index (χ1) is 10.3. The highest BCUT2D eigenvalue weighted by atomic mass is 32.1. The maximum absolute atomic E-state index is 11.8. The topological polar surface area (TPSA) is 84.5 Å². The molecule has 122 valence electrons. The third-order valence-electron chi connectivity index (χ3n) is 2.80. The van der Waals surface area contributed by atoms with Gasteiger partial charge in [0.25, 0.3) is 5.91 Å². The number of nitrogens with one attached hydrogen (secondary N) is 2. The fourth-order valence-corrected chi connectivity index (χ4v) is 2.69. The van der Waals surface area contributed by atoms with Crippen molar-refractivity contribution in [1.29, 1.82) is 0 Å². The van der Waals surface area contributed by atoms with Crippen LogP contribution in [0.25, 0.3) is 0 Å². The van der Waals surface area contributed by atoms with E-state index in [4.69, 9.17) is 4.74 Å². The van der Waals surface area contributed by atoms with Gasteiger partial charge in [-0.1, -0.05) is 20.8 Å². The molecule has 0 bridgehead atoms. The lowest BCUT2D eigenvalue weighted by molar-refractivity contribution is -0.123. The predicted octanol–water partition coefficient (Wildman–Crippen LogP) is 2.26. The SMILES string of the molecule is CCc1sc(C(=O)OCC(=O)NC(=O)NCC(C)C)cc1C. The quantitative estimate of drug-likeness (QED) is 0.785. The van der Waals surface area contributed by atoms with E-state index < -0.39 is 24.5 Å². The number of urea groups is 1. The maximum atomic E-state index is 11.8. The maximum Gasteiger partial charge on any atom is 0.348 e. The Labute approximate surface area is 134 Å². The van der Waals surface area contributed by atoms with E-state index in [9.17, 15) is 14.4 Å². The number of hydrogen-bond acceptors (Lipinski definition) is 5. The zero-order valence-corrected chi connectivity index (χ0v) is 14.1. The lowest BCUT2D eigenvalue weighted by Gasteiger charge is -2.08. The lowest BCUT2D eigenvalue weighted by Crippen LogP contribution is -2.42. The number of carbonyl (C=O) groups is 3. The summed E-state index contributed by atoms with van der Waals surface area (Å²) in [6, 6.07) is 1.16. The van der Waals surface area contributed by atoms with Crippen molar-refractivity contribution >= 4 is 29.2 Å². The fourth-order valence-electron chi connectivity index (χ4n) is 1.68. The van der Waals surface area contributed by atoms with E-state index in [0.29, 0.717) is 11.4 Å². The fraction of sp³-hybridized carbons (Fsp3) is 0.533. The van der Waals surface area contributed by atoms with Crippen molar-refractivity contribution in [2.24, 2.45) is 5.92 Å². The highest BCUT2D eigenvalue weighted by Gasteiger charge is 2.15. The van der Waals surface area contributed by atoms with Gasteiger partial charge in [-0.05, 0) is 30.9 Å². The molecule has 0 saturated heterocycles. The molecule has 0 unspecified atom stereocenters. The molecule has 1 aromatic rings. The third kappa shape index (κ3) is 5.85. The second-order valence-corrected chi connectivity index (χ2v) is 6.44. The number of thiophene rings is 1. The molecule has 0 aliphatic heterocycles.